The van der Waals surface area contributed by atoms with E-state index in [-0.39, 0.29) is 15.8 Å². The maximum absolute atomic E-state index is 5.81. The van der Waals surface area contributed by atoms with Crippen LogP contribution in [0.1, 0.15) is 59.3 Å². The summed E-state index contributed by atoms with van der Waals surface area (Å²) < 4.78 is 1.30. The van der Waals surface area contributed by atoms with Gasteiger partial charge in [-0.05, 0) is 37.5 Å². The lowest BCUT2D eigenvalue weighted by atomic mass is 9.88. The quantitative estimate of drug-likeness (QED) is 0.145. The molecule has 0 fully saturated rings. The van der Waals surface area contributed by atoms with E-state index in [1.165, 1.54) is 51.6 Å². The highest BCUT2D eigenvalue weighted by molar-refractivity contribution is 14.1. The summed E-state index contributed by atoms with van der Waals surface area (Å²) >= 11 is 2.68. The van der Waals surface area contributed by atoms with Gasteiger partial charge in [0.25, 0.3) is 0 Å². The lowest BCUT2D eigenvalue weighted by Gasteiger charge is -2.44. The highest BCUT2D eigenvalue weighted by Crippen LogP contribution is 2.37. The fourth-order valence-electron chi connectivity index (χ4n) is 3.54. The molecule has 0 aliphatic heterocycles. The van der Waals surface area contributed by atoms with Gasteiger partial charge in [0.2, 0.25) is 0 Å². The van der Waals surface area contributed by atoms with E-state index in [0.29, 0.717) is 5.92 Å². The topological polar surface area (TPSA) is 0 Å². The monoisotopic (exact) mass is 463 g/mol. The summed E-state index contributed by atoms with van der Waals surface area (Å²) in [6, 6.07) is 0. The molecule has 0 saturated carbocycles. The van der Waals surface area contributed by atoms with E-state index in [1.807, 2.05) is 0 Å². The van der Waals surface area contributed by atoms with Crippen LogP contribution in [0.2, 0.25) is 0 Å². The van der Waals surface area contributed by atoms with E-state index in [9.17, 15) is 0 Å². The third-order valence-electron chi connectivity index (χ3n) is 5.12. The van der Waals surface area contributed by atoms with E-state index in [1.54, 1.807) is 0 Å². The fourth-order valence-corrected chi connectivity index (χ4v) is 4.68. The Balaban J connectivity index is 0.00000529. The molecule has 1 aliphatic rings. The minimum absolute atomic E-state index is 0. The first-order valence-corrected chi connectivity index (χ1v) is 10.4. The van der Waals surface area contributed by atoms with Crippen LogP contribution in [0.4, 0.5) is 0 Å². The van der Waals surface area contributed by atoms with Crippen LogP contribution in [-0.2, 0) is 0 Å². The van der Waals surface area contributed by atoms with E-state index in [2.05, 4.69) is 73.6 Å². The Morgan fingerprint density at radius 3 is 2.12 bits per heavy atom. The zero-order chi connectivity index (χ0) is 17.2. The second kappa shape index (κ2) is 12.4. The van der Waals surface area contributed by atoms with Crippen molar-refractivity contribution in [1.29, 1.82) is 0 Å². The second-order valence-corrected chi connectivity index (χ2v) is 9.19. The molecule has 0 aromatic carbocycles. The largest absolute Gasteiger partial charge is 1.00 e. The van der Waals surface area contributed by atoms with Gasteiger partial charge in [-0.25, -0.2) is 0 Å². The molecule has 0 bridgehead atoms. The number of allylic oxidation sites excluding steroid dienone is 3. The van der Waals surface area contributed by atoms with Crippen LogP contribution >= 0.6 is 22.6 Å². The molecule has 1 nitrogen and oxygen atoms in total. The minimum atomic E-state index is 0. The molecule has 1 rings (SSSR count). The van der Waals surface area contributed by atoms with Gasteiger partial charge in [0.05, 0.1) is 23.1 Å². The predicted octanol–water partition coefficient (Wildman–Crippen LogP) is 2.76. The Labute approximate surface area is 170 Å². The molecule has 24 heavy (non-hydrogen) atoms. The Bertz CT molecular complexity index is 428. The predicted molar refractivity (Wildman–Crippen MR) is 112 cm³/mol. The number of halogens is 2. The van der Waals surface area contributed by atoms with E-state index < -0.39 is 0 Å². The first kappa shape index (κ1) is 24.0. The molecular weight excluding hydrogens is 429 g/mol. The Morgan fingerprint density at radius 1 is 1.08 bits per heavy atom. The second-order valence-electron chi connectivity index (χ2n) is 7.18. The van der Waals surface area contributed by atoms with Crippen LogP contribution in [0.3, 0.4) is 0 Å². The van der Waals surface area contributed by atoms with Gasteiger partial charge >= 0.3 is 0 Å². The number of alkyl halides is 1. The van der Waals surface area contributed by atoms with Crippen molar-refractivity contribution in [2.75, 3.05) is 26.2 Å². The third-order valence-corrected chi connectivity index (χ3v) is 6.80. The molecule has 0 N–H and O–H groups in total. The summed E-state index contributed by atoms with van der Waals surface area (Å²) in [5.74, 6) is 3.58. The van der Waals surface area contributed by atoms with Gasteiger partial charge in [-0.2, -0.15) is 0 Å². The van der Waals surface area contributed by atoms with Crippen molar-refractivity contribution in [2.24, 2.45) is 5.92 Å². The summed E-state index contributed by atoms with van der Waals surface area (Å²) in [7, 11) is 0. The van der Waals surface area contributed by atoms with Gasteiger partial charge < -0.3 is 16.9 Å². The molecule has 3 heteroatoms. The molecule has 1 aliphatic carbocycles. The Kier molecular flexibility index (Phi) is 12.4. The van der Waals surface area contributed by atoms with Gasteiger partial charge in [0.1, 0.15) is 6.54 Å². The van der Waals surface area contributed by atoms with Crippen molar-refractivity contribution < 1.29 is 16.9 Å². The lowest BCUT2D eigenvalue weighted by molar-refractivity contribution is -0.923. The standard InChI is InChI=1S/C21H35IN.ClH/c1-5-8-12-17-23(16-7-3,18-13-9-6-2)19-21(22)15-11-10-14-20(21)4;/h3,10-11,14-15,20H,5-6,8-9,12-13,16-19H2,1-2,4H3;1H/q+1;/p-1. The van der Waals surface area contributed by atoms with E-state index in [0.717, 1.165) is 17.6 Å². The van der Waals surface area contributed by atoms with Crippen molar-refractivity contribution in [1.82, 2.24) is 0 Å². The molecule has 2 unspecified atom stereocenters. The number of rotatable bonds is 11. The number of unbranched alkanes of at least 4 members (excludes halogenated alkanes) is 4. The van der Waals surface area contributed by atoms with Crippen LogP contribution in [-0.4, -0.2) is 34.1 Å². The third kappa shape index (κ3) is 7.50. The first-order valence-electron chi connectivity index (χ1n) is 9.35. The number of hydrogen-bond donors (Lipinski definition) is 0. The zero-order valence-electron chi connectivity index (χ0n) is 15.7. The Morgan fingerprint density at radius 2 is 1.67 bits per heavy atom. The van der Waals surface area contributed by atoms with Crippen LogP contribution in [0.25, 0.3) is 0 Å². The summed E-state index contributed by atoms with van der Waals surface area (Å²) in [5.41, 5.74) is 0. The van der Waals surface area contributed by atoms with Crippen molar-refractivity contribution in [3.05, 3.63) is 24.3 Å². The number of terminal acetylenes is 1. The molecule has 138 valence electrons. The Hall–Kier alpha value is 0.0200. The SMILES string of the molecule is C#CC[N+](CCCCC)(CCCCC)CC1(I)C=CC=CC1C.[Cl-]. The molecule has 0 aromatic heterocycles. The zero-order valence-corrected chi connectivity index (χ0v) is 18.7. The highest BCUT2D eigenvalue weighted by atomic mass is 127. The molecule has 0 saturated heterocycles. The molecule has 2 atom stereocenters. The van der Waals surface area contributed by atoms with Crippen molar-refractivity contribution in [3.8, 4) is 12.3 Å². The summed E-state index contributed by atoms with van der Waals surface area (Å²) in [6.07, 6.45) is 22.7. The molecule has 0 amide bonds. The average Bonchev–Trinajstić information content (AvgIpc) is 2.51. The van der Waals surface area contributed by atoms with Gasteiger partial charge in [-0.1, -0.05) is 80.5 Å². The average molecular weight is 464 g/mol. The van der Waals surface area contributed by atoms with E-state index in [4.69, 9.17) is 6.42 Å². The minimum Gasteiger partial charge on any atom is -1.00 e. The lowest BCUT2D eigenvalue weighted by Crippen LogP contribution is -3.00. The van der Waals surface area contributed by atoms with Crippen LogP contribution in [0.5, 0.6) is 0 Å². The molecule has 0 radical (unpaired) electrons. The van der Waals surface area contributed by atoms with Crippen molar-refractivity contribution in [3.63, 3.8) is 0 Å². The smallest absolute Gasteiger partial charge is 0.140 e. The maximum Gasteiger partial charge on any atom is 0.140 e. The molecule has 0 spiro atoms. The first-order chi connectivity index (χ1) is 11.0. The normalized spacial score (nSPS) is 22.9. The molecule has 0 aromatic rings. The number of hydrogen-bond acceptors (Lipinski definition) is 0. The van der Waals surface area contributed by atoms with Gasteiger partial charge in [0, 0.05) is 0 Å². The molecular formula is C21H35ClIN. The maximum atomic E-state index is 5.81. The summed E-state index contributed by atoms with van der Waals surface area (Å²) in [6.45, 7) is 11.4. The van der Waals surface area contributed by atoms with Gasteiger partial charge in [-0.3, -0.25) is 0 Å². The fraction of sp³-hybridized carbons (Fsp3) is 0.714. The summed E-state index contributed by atoms with van der Waals surface area (Å²) in [5, 5.41) is 0. The van der Waals surface area contributed by atoms with Gasteiger partial charge in [0.15, 0.2) is 0 Å². The molecule has 0 heterocycles. The highest BCUT2D eigenvalue weighted by Gasteiger charge is 2.40. The van der Waals surface area contributed by atoms with E-state index >= 15 is 0 Å². The van der Waals surface area contributed by atoms with Crippen LogP contribution in [0, 0.1) is 18.3 Å². The van der Waals surface area contributed by atoms with Crippen molar-refractivity contribution in [2.45, 2.75) is 62.7 Å². The van der Waals surface area contributed by atoms with Crippen LogP contribution < -0.4 is 12.4 Å². The number of nitrogens with zero attached hydrogens (tertiary/aromatic N) is 1. The summed E-state index contributed by atoms with van der Waals surface area (Å²) in [4.78, 5) is 0. The number of quaternary nitrogens is 1. The van der Waals surface area contributed by atoms with Gasteiger partial charge in [-0.15, -0.1) is 6.42 Å². The van der Waals surface area contributed by atoms with Crippen LogP contribution in [0.15, 0.2) is 24.3 Å². The van der Waals surface area contributed by atoms with Crippen molar-refractivity contribution >= 4 is 22.6 Å².